The van der Waals surface area contributed by atoms with Gasteiger partial charge >= 0.3 is 5.97 Å². The number of hydrogen-bond acceptors (Lipinski definition) is 6. The first kappa shape index (κ1) is 15.7. The summed E-state index contributed by atoms with van der Waals surface area (Å²) in [6.45, 7) is 2.25. The van der Waals surface area contributed by atoms with E-state index in [4.69, 9.17) is 4.74 Å². The zero-order chi connectivity index (χ0) is 16.4. The van der Waals surface area contributed by atoms with Gasteiger partial charge in [0, 0.05) is 6.54 Å². The fourth-order valence-corrected chi connectivity index (χ4v) is 3.28. The molecule has 0 aromatic carbocycles. The SMILES string of the molecule is CCOC(=O)c1c(O)c(-c2cccs2)nn(CC2CCC2)c1=O. The van der Waals surface area contributed by atoms with Crippen LogP contribution in [0.4, 0.5) is 0 Å². The van der Waals surface area contributed by atoms with Gasteiger partial charge in [-0.2, -0.15) is 5.10 Å². The third-order valence-corrected chi connectivity index (χ3v) is 4.90. The molecule has 3 rings (SSSR count). The van der Waals surface area contributed by atoms with Crippen molar-refractivity contribution in [1.82, 2.24) is 9.78 Å². The molecule has 1 N–H and O–H groups in total. The molecule has 23 heavy (non-hydrogen) atoms. The van der Waals surface area contributed by atoms with Crippen molar-refractivity contribution in [3.05, 3.63) is 33.4 Å². The number of carbonyl (C=O) groups excluding carboxylic acids is 1. The highest BCUT2D eigenvalue weighted by molar-refractivity contribution is 7.13. The predicted molar refractivity (Wildman–Crippen MR) is 86.8 cm³/mol. The van der Waals surface area contributed by atoms with Crippen molar-refractivity contribution in [3.63, 3.8) is 0 Å². The summed E-state index contributed by atoms with van der Waals surface area (Å²) in [5, 5.41) is 16.5. The topological polar surface area (TPSA) is 81.4 Å². The average molecular weight is 334 g/mol. The Hall–Kier alpha value is -2.15. The molecule has 0 unspecified atom stereocenters. The number of esters is 1. The summed E-state index contributed by atoms with van der Waals surface area (Å²) in [6.07, 6.45) is 3.26. The number of ether oxygens (including phenoxy) is 1. The van der Waals surface area contributed by atoms with Crippen molar-refractivity contribution in [2.24, 2.45) is 5.92 Å². The molecule has 0 amide bonds. The third kappa shape index (κ3) is 3.01. The molecule has 2 aromatic heterocycles. The molecule has 6 nitrogen and oxygen atoms in total. The maximum atomic E-state index is 12.5. The lowest BCUT2D eigenvalue weighted by atomic mass is 9.85. The molecule has 1 fully saturated rings. The molecular formula is C16H18N2O4S. The minimum Gasteiger partial charge on any atom is -0.505 e. The van der Waals surface area contributed by atoms with Crippen molar-refractivity contribution in [3.8, 4) is 16.3 Å². The van der Waals surface area contributed by atoms with E-state index in [9.17, 15) is 14.7 Å². The maximum absolute atomic E-state index is 12.5. The molecule has 0 atom stereocenters. The van der Waals surface area contributed by atoms with Gasteiger partial charge in [0.25, 0.3) is 5.56 Å². The van der Waals surface area contributed by atoms with E-state index in [2.05, 4.69) is 5.10 Å². The van der Waals surface area contributed by atoms with Crippen LogP contribution in [-0.2, 0) is 11.3 Å². The van der Waals surface area contributed by atoms with E-state index in [-0.39, 0.29) is 17.9 Å². The summed E-state index contributed by atoms with van der Waals surface area (Å²) in [6, 6.07) is 3.62. The molecule has 0 saturated heterocycles. The number of aromatic nitrogens is 2. The van der Waals surface area contributed by atoms with Crippen molar-refractivity contribution in [2.45, 2.75) is 32.7 Å². The molecule has 0 aliphatic heterocycles. The van der Waals surface area contributed by atoms with E-state index >= 15 is 0 Å². The summed E-state index contributed by atoms with van der Waals surface area (Å²) >= 11 is 1.39. The van der Waals surface area contributed by atoms with Crippen LogP contribution in [0.2, 0.25) is 0 Å². The van der Waals surface area contributed by atoms with Crippen LogP contribution in [0.15, 0.2) is 22.3 Å². The Balaban J connectivity index is 2.12. The van der Waals surface area contributed by atoms with Crippen LogP contribution in [0.25, 0.3) is 10.6 Å². The number of thiophene rings is 1. The summed E-state index contributed by atoms with van der Waals surface area (Å²) in [4.78, 5) is 25.4. The molecular weight excluding hydrogens is 316 g/mol. The number of aromatic hydroxyl groups is 1. The fraction of sp³-hybridized carbons (Fsp3) is 0.438. The van der Waals surface area contributed by atoms with E-state index < -0.39 is 17.3 Å². The Labute approximate surface area is 137 Å². The summed E-state index contributed by atoms with van der Waals surface area (Å²) in [5.41, 5.74) is -0.667. The summed E-state index contributed by atoms with van der Waals surface area (Å²) in [5.74, 6) is -0.811. The van der Waals surface area contributed by atoms with Gasteiger partial charge in [-0.05, 0) is 37.1 Å². The van der Waals surface area contributed by atoms with E-state index in [1.807, 2.05) is 11.4 Å². The first-order valence-electron chi connectivity index (χ1n) is 7.67. The molecule has 1 saturated carbocycles. The quantitative estimate of drug-likeness (QED) is 0.850. The normalized spacial score (nSPS) is 14.5. The minimum absolute atomic E-state index is 0.136. The Morgan fingerprint density at radius 3 is 2.87 bits per heavy atom. The molecule has 1 aliphatic carbocycles. The van der Waals surface area contributed by atoms with Crippen molar-refractivity contribution >= 4 is 17.3 Å². The first-order chi connectivity index (χ1) is 11.1. The second-order valence-corrected chi connectivity index (χ2v) is 6.50. The van der Waals surface area contributed by atoms with Gasteiger partial charge in [-0.25, -0.2) is 9.48 Å². The van der Waals surface area contributed by atoms with Crippen LogP contribution in [0, 0.1) is 5.92 Å². The van der Waals surface area contributed by atoms with Crippen LogP contribution in [-0.4, -0.2) is 27.5 Å². The second kappa shape index (κ2) is 6.54. The number of carbonyl (C=O) groups is 1. The van der Waals surface area contributed by atoms with Crippen LogP contribution in [0.5, 0.6) is 5.75 Å². The average Bonchev–Trinajstić information content (AvgIpc) is 2.99. The lowest BCUT2D eigenvalue weighted by Gasteiger charge is -2.25. The maximum Gasteiger partial charge on any atom is 0.347 e. The van der Waals surface area contributed by atoms with Crippen LogP contribution in [0.3, 0.4) is 0 Å². The summed E-state index contributed by atoms with van der Waals surface area (Å²) in [7, 11) is 0. The largest absolute Gasteiger partial charge is 0.505 e. The van der Waals surface area contributed by atoms with Gasteiger partial charge in [-0.15, -0.1) is 11.3 Å². The Morgan fingerprint density at radius 2 is 2.30 bits per heavy atom. The van der Waals surface area contributed by atoms with Crippen LogP contribution < -0.4 is 5.56 Å². The lowest BCUT2D eigenvalue weighted by molar-refractivity contribution is 0.0519. The number of rotatable bonds is 5. The molecule has 0 radical (unpaired) electrons. The first-order valence-corrected chi connectivity index (χ1v) is 8.54. The summed E-state index contributed by atoms with van der Waals surface area (Å²) < 4.78 is 6.22. The zero-order valence-corrected chi connectivity index (χ0v) is 13.6. The second-order valence-electron chi connectivity index (χ2n) is 5.55. The Kier molecular flexibility index (Phi) is 4.47. The molecule has 7 heteroatoms. The van der Waals surface area contributed by atoms with Gasteiger partial charge in [-0.3, -0.25) is 4.79 Å². The molecule has 122 valence electrons. The lowest BCUT2D eigenvalue weighted by Crippen LogP contribution is -2.33. The molecule has 0 spiro atoms. The fourth-order valence-electron chi connectivity index (χ4n) is 2.57. The van der Waals surface area contributed by atoms with E-state index in [0.717, 1.165) is 19.3 Å². The molecule has 2 aromatic rings. The van der Waals surface area contributed by atoms with Gasteiger partial charge in [-0.1, -0.05) is 12.5 Å². The van der Waals surface area contributed by atoms with Gasteiger partial charge < -0.3 is 9.84 Å². The molecule has 2 heterocycles. The van der Waals surface area contributed by atoms with Gasteiger partial charge in [0.15, 0.2) is 11.3 Å². The van der Waals surface area contributed by atoms with Crippen LogP contribution >= 0.6 is 11.3 Å². The van der Waals surface area contributed by atoms with E-state index in [1.165, 1.54) is 16.0 Å². The smallest absolute Gasteiger partial charge is 0.347 e. The van der Waals surface area contributed by atoms with Crippen molar-refractivity contribution in [1.29, 1.82) is 0 Å². The van der Waals surface area contributed by atoms with Gasteiger partial charge in [0.05, 0.1) is 11.5 Å². The molecule has 0 bridgehead atoms. The van der Waals surface area contributed by atoms with Crippen LogP contribution in [0.1, 0.15) is 36.5 Å². The highest BCUT2D eigenvalue weighted by Gasteiger charge is 2.27. The van der Waals surface area contributed by atoms with E-state index in [1.54, 1.807) is 13.0 Å². The Morgan fingerprint density at radius 1 is 1.52 bits per heavy atom. The third-order valence-electron chi connectivity index (χ3n) is 4.02. The minimum atomic E-state index is -0.808. The molecule has 1 aliphatic rings. The Bertz CT molecular complexity index is 763. The highest BCUT2D eigenvalue weighted by atomic mass is 32.1. The zero-order valence-electron chi connectivity index (χ0n) is 12.8. The van der Waals surface area contributed by atoms with Crippen molar-refractivity contribution in [2.75, 3.05) is 6.61 Å². The predicted octanol–water partition coefficient (Wildman–Crippen LogP) is 2.65. The standard InChI is InChI=1S/C16H18N2O4S/c1-2-22-16(21)12-14(19)13(11-7-4-8-23-11)17-18(15(12)20)9-10-5-3-6-10/h4,7-8,10,19H,2-3,5-6,9H2,1H3. The van der Waals surface area contributed by atoms with E-state index in [0.29, 0.717) is 17.3 Å². The number of hydrogen-bond donors (Lipinski definition) is 1. The van der Waals surface area contributed by atoms with Gasteiger partial charge in [0.1, 0.15) is 5.69 Å². The number of nitrogens with zero attached hydrogens (tertiary/aromatic N) is 2. The monoisotopic (exact) mass is 334 g/mol. The van der Waals surface area contributed by atoms with Crippen molar-refractivity contribution < 1.29 is 14.6 Å². The highest BCUT2D eigenvalue weighted by Crippen LogP contribution is 2.33. The van der Waals surface area contributed by atoms with Gasteiger partial charge in [0.2, 0.25) is 0 Å².